The third-order valence-corrected chi connectivity index (χ3v) is 4.39. The van der Waals surface area contributed by atoms with E-state index in [0.717, 1.165) is 17.7 Å². The number of aromatic nitrogens is 2. The second-order valence-electron chi connectivity index (χ2n) is 6.46. The number of anilines is 2. The van der Waals surface area contributed by atoms with Crippen LogP contribution in [0.4, 0.5) is 11.4 Å². The summed E-state index contributed by atoms with van der Waals surface area (Å²) < 4.78 is 4.73. The first-order valence-corrected chi connectivity index (χ1v) is 9.12. The average Bonchev–Trinajstić information content (AvgIpc) is 2.78. The van der Waals surface area contributed by atoms with Gasteiger partial charge in [-0.3, -0.25) is 9.78 Å². The fourth-order valence-corrected chi connectivity index (χ4v) is 2.75. The number of esters is 1. The number of rotatable bonds is 7. The quantitative estimate of drug-likeness (QED) is 0.623. The van der Waals surface area contributed by atoms with E-state index in [9.17, 15) is 9.59 Å². The first-order chi connectivity index (χ1) is 14.1. The molecule has 0 unspecified atom stereocenters. The summed E-state index contributed by atoms with van der Waals surface area (Å²) in [6, 6.07) is 14.3. The molecule has 0 aliphatic rings. The van der Waals surface area contributed by atoms with E-state index in [0.29, 0.717) is 23.5 Å². The van der Waals surface area contributed by atoms with E-state index in [-0.39, 0.29) is 5.91 Å². The largest absolute Gasteiger partial charge is 0.465 e. The number of likely N-dealkylation sites (N-methyl/N-ethyl adjacent to an activating group) is 1. The summed E-state index contributed by atoms with van der Waals surface area (Å²) >= 11 is 0. The summed E-state index contributed by atoms with van der Waals surface area (Å²) in [5, 5.41) is 3.16. The minimum atomic E-state index is -0.400. The molecule has 0 saturated carbocycles. The molecular weight excluding hydrogens is 368 g/mol. The number of benzene rings is 1. The van der Waals surface area contributed by atoms with Gasteiger partial charge in [-0.05, 0) is 54.4 Å². The van der Waals surface area contributed by atoms with Gasteiger partial charge in [0.2, 0.25) is 0 Å². The van der Waals surface area contributed by atoms with Gasteiger partial charge in [-0.2, -0.15) is 0 Å². The van der Waals surface area contributed by atoms with E-state index in [1.54, 1.807) is 60.9 Å². The number of carbonyl (C=O) groups is 2. The van der Waals surface area contributed by atoms with Crippen molar-refractivity contribution in [2.75, 3.05) is 26.0 Å². The van der Waals surface area contributed by atoms with Gasteiger partial charge < -0.3 is 15.0 Å². The van der Waals surface area contributed by atoms with E-state index in [2.05, 4.69) is 15.3 Å². The van der Waals surface area contributed by atoms with Crippen LogP contribution >= 0.6 is 0 Å². The SMILES string of the molecule is COC(=O)c1cccc(Nc2ccc(C(=O)N(C)CCc3ccncc3)nc2)c1. The summed E-state index contributed by atoms with van der Waals surface area (Å²) in [4.78, 5) is 34.1. The highest BCUT2D eigenvalue weighted by Crippen LogP contribution is 2.18. The molecule has 7 nitrogen and oxygen atoms in total. The molecule has 0 atom stereocenters. The Morgan fingerprint density at radius 1 is 1.07 bits per heavy atom. The normalized spacial score (nSPS) is 10.3. The van der Waals surface area contributed by atoms with Crippen LogP contribution in [0.25, 0.3) is 0 Å². The van der Waals surface area contributed by atoms with Gasteiger partial charge >= 0.3 is 5.97 Å². The Balaban J connectivity index is 1.60. The number of amides is 1. The van der Waals surface area contributed by atoms with E-state index in [1.807, 2.05) is 18.2 Å². The third kappa shape index (κ3) is 5.38. The molecule has 0 saturated heterocycles. The van der Waals surface area contributed by atoms with Gasteiger partial charge in [0.15, 0.2) is 0 Å². The smallest absolute Gasteiger partial charge is 0.337 e. The second kappa shape index (κ2) is 9.45. The van der Waals surface area contributed by atoms with Crippen LogP contribution < -0.4 is 5.32 Å². The fourth-order valence-electron chi connectivity index (χ4n) is 2.75. The summed E-state index contributed by atoms with van der Waals surface area (Å²) in [6.45, 7) is 0.588. The van der Waals surface area contributed by atoms with Crippen LogP contribution in [0.5, 0.6) is 0 Å². The maximum Gasteiger partial charge on any atom is 0.337 e. The number of hydrogen-bond donors (Lipinski definition) is 1. The van der Waals surface area contributed by atoms with Crippen molar-refractivity contribution in [2.24, 2.45) is 0 Å². The van der Waals surface area contributed by atoms with Crippen molar-refractivity contribution in [3.8, 4) is 0 Å². The molecule has 0 spiro atoms. The maximum atomic E-state index is 12.6. The molecule has 1 amide bonds. The van der Waals surface area contributed by atoms with E-state index < -0.39 is 5.97 Å². The van der Waals surface area contributed by atoms with Crippen LogP contribution in [0.2, 0.25) is 0 Å². The lowest BCUT2D eigenvalue weighted by Crippen LogP contribution is -2.29. The zero-order valence-electron chi connectivity index (χ0n) is 16.3. The van der Waals surface area contributed by atoms with Crippen LogP contribution in [0, 0.1) is 0 Å². The number of nitrogens with one attached hydrogen (secondary N) is 1. The summed E-state index contributed by atoms with van der Waals surface area (Å²) in [5.74, 6) is -0.541. The van der Waals surface area contributed by atoms with Gasteiger partial charge in [0, 0.05) is 31.7 Å². The lowest BCUT2D eigenvalue weighted by Gasteiger charge is -2.17. The highest BCUT2D eigenvalue weighted by molar-refractivity contribution is 5.92. The predicted molar refractivity (Wildman–Crippen MR) is 110 cm³/mol. The highest BCUT2D eigenvalue weighted by atomic mass is 16.5. The first-order valence-electron chi connectivity index (χ1n) is 9.12. The van der Waals surface area contributed by atoms with Gasteiger partial charge in [0.05, 0.1) is 24.6 Å². The van der Waals surface area contributed by atoms with Crippen LogP contribution in [-0.4, -0.2) is 47.4 Å². The topological polar surface area (TPSA) is 84.4 Å². The molecule has 148 valence electrons. The number of nitrogens with zero attached hydrogens (tertiary/aromatic N) is 3. The lowest BCUT2D eigenvalue weighted by atomic mass is 10.2. The van der Waals surface area contributed by atoms with Gasteiger partial charge in [-0.15, -0.1) is 0 Å². The van der Waals surface area contributed by atoms with Crippen LogP contribution in [-0.2, 0) is 11.2 Å². The lowest BCUT2D eigenvalue weighted by molar-refractivity contribution is 0.0600. The molecule has 3 rings (SSSR count). The van der Waals surface area contributed by atoms with Gasteiger partial charge in [0.25, 0.3) is 5.91 Å². The molecule has 7 heteroatoms. The number of methoxy groups -OCH3 is 1. The summed E-state index contributed by atoms with van der Waals surface area (Å²) in [6.07, 6.45) is 5.83. The van der Waals surface area contributed by atoms with Crippen LogP contribution in [0.15, 0.2) is 67.1 Å². The molecule has 29 heavy (non-hydrogen) atoms. The van der Waals surface area contributed by atoms with E-state index in [4.69, 9.17) is 4.74 Å². The number of hydrogen-bond acceptors (Lipinski definition) is 6. The predicted octanol–water partition coefficient (Wildman–Crippen LogP) is 3.32. The minimum absolute atomic E-state index is 0.140. The summed E-state index contributed by atoms with van der Waals surface area (Å²) in [5.41, 5.74) is 3.39. The third-order valence-electron chi connectivity index (χ3n) is 4.39. The molecule has 2 aromatic heterocycles. The van der Waals surface area contributed by atoms with E-state index >= 15 is 0 Å². The molecule has 0 radical (unpaired) electrons. The molecule has 0 aliphatic heterocycles. The van der Waals surface area contributed by atoms with Gasteiger partial charge in [-0.25, -0.2) is 9.78 Å². The van der Waals surface area contributed by atoms with Crippen molar-refractivity contribution in [1.82, 2.24) is 14.9 Å². The maximum absolute atomic E-state index is 12.6. The number of pyridine rings is 2. The van der Waals surface area contributed by atoms with Crippen molar-refractivity contribution in [2.45, 2.75) is 6.42 Å². The van der Waals surface area contributed by atoms with Crippen LogP contribution in [0.3, 0.4) is 0 Å². The van der Waals surface area contributed by atoms with E-state index in [1.165, 1.54) is 7.11 Å². The van der Waals surface area contributed by atoms with Gasteiger partial charge in [-0.1, -0.05) is 6.07 Å². The standard InChI is InChI=1S/C22H22N4O3/c1-26(13-10-16-8-11-23-12-9-16)21(27)20-7-6-19(15-24-20)25-18-5-3-4-17(14-18)22(28)29-2/h3-9,11-12,14-15,25H,10,13H2,1-2H3. The number of ether oxygens (including phenoxy) is 1. The minimum Gasteiger partial charge on any atom is -0.465 e. The number of carbonyl (C=O) groups excluding carboxylic acids is 2. The Morgan fingerprint density at radius 3 is 2.55 bits per heavy atom. The molecule has 0 bridgehead atoms. The average molecular weight is 390 g/mol. The zero-order chi connectivity index (χ0) is 20.6. The van der Waals surface area contributed by atoms with Crippen molar-refractivity contribution in [3.05, 3.63) is 83.9 Å². The highest BCUT2D eigenvalue weighted by Gasteiger charge is 2.13. The van der Waals surface area contributed by atoms with Crippen molar-refractivity contribution >= 4 is 23.3 Å². The van der Waals surface area contributed by atoms with Crippen molar-refractivity contribution < 1.29 is 14.3 Å². The zero-order valence-corrected chi connectivity index (χ0v) is 16.3. The monoisotopic (exact) mass is 390 g/mol. The second-order valence-corrected chi connectivity index (χ2v) is 6.46. The molecule has 2 heterocycles. The van der Waals surface area contributed by atoms with Gasteiger partial charge in [0.1, 0.15) is 5.69 Å². The molecular formula is C22H22N4O3. The molecule has 1 N–H and O–H groups in total. The Labute approximate surface area is 169 Å². The first kappa shape index (κ1) is 20.0. The fraction of sp³-hybridized carbons (Fsp3) is 0.182. The summed E-state index contributed by atoms with van der Waals surface area (Å²) in [7, 11) is 3.10. The molecule has 1 aromatic carbocycles. The molecule has 0 fully saturated rings. The van der Waals surface area contributed by atoms with Crippen molar-refractivity contribution in [3.63, 3.8) is 0 Å². The Bertz CT molecular complexity index is 975. The Morgan fingerprint density at radius 2 is 1.86 bits per heavy atom. The molecule has 0 aliphatic carbocycles. The van der Waals surface area contributed by atoms with Crippen molar-refractivity contribution in [1.29, 1.82) is 0 Å². The molecule has 3 aromatic rings. The Hall–Kier alpha value is -3.74. The van der Waals surface area contributed by atoms with Crippen LogP contribution in [0.1, 0.15) is 26.4 Å². The Kier molecular flexibility index (Phi) is 6.52.